The Bertz CT molecular complexity index is 333. The second-order valence-corrected chi connectivity index (χ2v) is 4.52. The van der Waals surface area contributed by atoms with Gasteiger partial charge in [-0.25, -0.2) is 9.97 Å². The fraction of sp³-hybridized carbons (Fsp3) is 0.636. The zero-order valence-electron chi connectivity index (χ0n) is 9.20. The summed E-state index contributed by atoms with van der Waals surface area (Å²) in [5.41, 5.74) is 0. The molecule has 1 saturated heterocycles. The number of rotatable bonds is 1. The third kappa shape index (κ3) is 2.40. The first-order valence-corrected chi connectivity index (χ1v) is 5.82. The minimum absolute atomic E-state index is 0.537. The van der Waals surface area contributed by atoms with Crippen LogP contribution in [0.2, 0.25) is 5.15 Å². The number of nitrogens with zero attached hydrogens (tertiary/aromatic N) is 3. The molecule has 1 fully saturated rings. The van der Waals surface area contributed by atoms with Gasteiger partial charge in [0.2, 0.25) is 0 Å². The molecular formula is C11H16ClN3. The van der Waals surface area contributed by atoms with E-state index in [-0.39, 0.29) is 0 Å². The lowest BCUT2D eigenvalue weighted by Gasteiger charge is -2.34. The van der Waals surface area contributed by atoms with E-state index in [0.29, 0.717) is 11.2 Å². The molecule has 0 aromatic carbocycles. The van der Waals surface area contributed by atoms with Crippen LogP contribution in [0.25, 0.3) is 0 Å². The lowest BCUT2D eigenvalue weighted by atomic mass is 10.0. The lowest BCUT2D eigenvalue weighted by molar-refractivity contribution is 0.480. The van der Waals surface area contributed by atoms with Gasteiger partial charge in [-0.05, 0) is 33.1 Å². The second kappa shape index (κ2) is 4.35. The maximum absolute atomic E-state index is 5.94. The maximum Gasteiger partial charge on any atom is 0.134 e. The Morgan fingerprint density at radius 3 is 2.87 bits per heavy atom. The number of aryl methyl sites for hydroxylation is 1. The van der Waals surface area contributed by atoms with Gasteiger partial charge in [-0.1, -0.05) is 11.6 Å². The molecule has 0 saturated carbocycles. The average Bonchev–Trinajstić information content (AvgIpc) is 2.16. The highest BCUT2D eigenvalue weighted by Gasteiger charge is 2.20. The van der Waals surface area contributed by atoms with Gasteiger partial charge in [-0.2, -0.15) is 0 Å². The monoisotopic (exact) mass is 225 g/mol. The van der Waals surface area contributed by atoms with Crippen molar-refractivity contribution < 1.29 is 0 Å². The van der Waals surface area contributed by atoms with Crippen LogP contribution in [-0.4, -0.2) is 22.6 Å². The molecule has 0 aliphatic carbocycles. The third-order valence-corrected chi connectivity index (χ3v) is 3.08. The standard InChI is InChI=1S/C11H16ClN3/c1-8-5-3-4-6-15(8)11-7-10(12)13-9(2)14-11/h7-8H,3-6H2,1-2H3/t8-/m0/s1. The highest BCUT2D eigenvalue weighted by molar-refractivity contribution is 6.29. The van der Waals surface area contributed by atoms with Gasteiger partial charge in [-0.3, -0.25) is 0 Å². The van der Waals surface area contributed by atoms with Crippen molar-refractivity contribution in [2.45, 2.75) is 39.2 Å². The van der Waals surface area contributed by atoms with Gasteiger partial charge in [0, 0.05) is 18.7 Å². The highest BCUT2D eigenvalue weighted by Crippen LogP contribution is 2.24. The van der Waals surface area contributed by atoms with E-state index in [2.05, 4.69) is 21.8 Å². The number of piperidine rings is 1. The normalized spacial score (nSPS) is 21.8. The molecule has 1 aromatic rings. The summed E-state index contributed by atoms with van der Waals surface area (Å²) in [6, 6.07) is 2.42. The lowest BCUT2D eigenvalue weighted by Crippen LogP contribution is -2.38. The zero-order chi connectivity index (χ0) is 10.8. The van der Waals surface area contributed by atoms with Crippen LogP contribution in [0.1, 0.15) is 32.0 Å². The van der Waals surface area contributed by atoms with Crippen LogP contribution in [0.15, 0.2) is 6.07 Å². The van der Waals surface area contributed by atoms with Crippen molar-refractivity contribution in [3.8, 4) is 0 Å². The molecule has 0 spiro atoms. The van der Waals surface area contributed by atoms with Crippen molar-refractivity contribution in [3.05, 3.63) is 17.0 Å². The molecule has 0 N–H and O–H groups in total. The van der Waals surface area contributed by atoms with Crippen LogP contribution in [0.5, 0.6) is 0 Å². The minimum atomic E-state index is 0.537. The fourth-order valence-electron chi connectivity index (χ4n) is 2.10. The fourth-order valence-corrected chi connectivity index (χ4v) is 2.32. The van der Waals surface area contributed by atoms with E-state index < -0.39 is 0 Å². The van der Waals surface area contributed by atoms with Gasteiger partial charge in [0.1, 0.15) is 16.8 Å². The Labute approximate surface area is 95.5 Å². The molecular weight excluding hydrogens is 210 g/mol. The molecule has 3 nitrogen and oxygen atoms in total. The van der Waals surface area contributed by atoms with Crippen LogP contribution in [0.3, 0.4) is 0 Å². The van der Waals surface area contributed by atoms with E-state index in [4.69, 9.17) is 11.6 Å². The van der Waals surface area contributed by atoms with Crippen LogP contribution < -0.4 is 4.90 Å². The van der Waals surface area contributed by atoms with E-state index in [0.717, 1.165) is 18.2 Å². The average molecular weight is 226 g/mol. The first-order chi connectivity index (χ1) is 7.16. The van der Waals surface area contributed by atoms with E-state index in [1.54, 1.807) is 0 Å². The summed E-state index contributed by atoms with van der Waals surface area (Å²) in [5.74, 6) is 1.72. The maximum atomic E-state index is 5.94. The summed E-state index contributed by atoms with van der Waals surface area (Å²) in [5, 5.41) is 0.537. The number of halogens is 1. The predicted octanol–water partition coefficient (Wildman–Crippen LogP) is 2.82. The molecule has 1 aliphatic rings. The first-order valence-electron chi connectivity index (χ1n) is 5.44. The molecule has 1 atom stereocenters. The molecule has 2 heterocycles. The second-order valence-electron chi connectivity index (χ2n) is 4.13. The van der Waals surface area contributed by atoms with Crippen molar-refractivity contribution >= 4 is 17.4 Å². The zero-order valence-corrected chi connectivity index (χ0v) is 9.96. The minimum Gasteiger partial charge on any atom is -0.354 e. The molecule has 1 aromatic heterocycles. The van der Waals surface area contributed by atoms with E-state index in [1.807, 2.05) is 13.0 Å². The Morgan fingerprint density at radius 1 is 1.40 bits per heavy atom. The third-order valence-electron chi connectivity index (χ3n) is 2.89. The molecule has 4 heteroatoms. The summed E-state index contributed by atoms with van der Waals surface area (Å²) >= 11 is 5.94. The quantitative estimate of drug-likeness (QED) is 0.689. The first kappa shape index (κ1) is 10.7. The molecule has 0 bridgehead atoms. The highest BCUT2D eigenvalue weighted by atomic mass is 35.5. The van der Waals surface area contributed by atoms with Gasteiger partial charge in [-0.15, -0.1) is 0 Å². The van der Waals surface area contributed by atoms with Crippen LogP contribution in [0.4, 0.5) is 5.82 Å². The van der Waals surface area contributed by atoms with Crippen molar-refractivity contribution in [1.82, 2.24) is 9.97 Å². The van der Waals surface area contributed by atoms with Crippen LogP contribution in [0, 0.1) is 6.92 Å². The van der Waals surface area contributed by atoms with E-state index in [9.17, 15) is 0 Å². The van der Waals surface area contributed by atoms with Crippen molar-refractivity contribution in [1.29, 1.82) is 0 Å². The summed E-state index contributed by atoms with van der Waals surface area (Å²) < 4.78 is 0. The molecule has 1 aliphatic heterocycles. The summed E-state index contributed by atoms with van der Waals surface area (Å²) in [6.07, 6.45) is 3.79. The number of anilines is 1. The Kier molecular flexibility index (Phi) is 3.10. The Morgan fingerprint density at radius 2 is 2.20 bits per heavy atom. The molecule has 15 heavy (non-hydrogen) atoms. The predicted molar refractivity (Wildman–Crippen MR) is 62.4 cm³/mol. The van der Waals surface area contributed by atoms with Crippen LogP contribution in [-0.2, 0) is 0 Å². The summed E-state index contributed by atoms with van der Waals surface area (Å²) in [4.78, 5) is 10.8. The Balaban J connectivity index is 2.27. The van der Waals surface area contributed by atoms with Gasteiger partial charge in [0.25, 0.3) is 0 Å². The summed E-state index contributed by atoms with van der Waals surface area (Å²) in [6.45, 7) is 5.20. The van der Waals surface area contributed by atoms with Crippen LogP contribution >= 0.6 is 11.6 Å². The van der Waals surface area contributed by atoms with Crippen molar-refractivity contribution in [2.24, 2.45) is 0 Å². The van der Waals surface area contributed by atoms with E-state index >= 15 is 0 Å². The van der Waals surface area contributed by atoms with Gasteiger partial charge in [0.05, 0.1) is 0 Å². The number of hydrogen-bond acceptors (Lipinski definition) is 3. The van der Waals surface area contributed by atoms with Gasteiger partial charge >= 0.3 is 0 Å². The van der Waals surface area contributed by atoms with Crippen molar-refractivity contribution in [3.63, 3.8) is 0 Å². The van der Waals surface area contributed by atoms with Gasteiger partial charge < -0.3 is 4.90 Å². The number of aromatic nitrogens is 2. The SMILES string of the molecule is Cc1nc(Cl)cc(N2CCCC[C@@H]2C)n1. The topological polar surface area (TPSA) is 29.0 Å². The molecule has 0 unspecified atom stereocenters. The summed E-state index contributed by atoms with van der Waals surface area (Å²) in [7, 11) is 0. The largest absolute Gasteiger partial charge is 0.354 e. The molecule has 82 valence electrons. The number of hydrogen-bond donors (Lipinski definition) is 0. The van der Waals surface area contributed by atoms with Crippen molar-refractivity contribution in [2.75, 3.05) is 11.4 Å². The van der Waals surface area contributed by atoms with E-state index in [1.165, 1.54) is 19.3 Å². The molecule has 0 radical (unpaired) electrons. The smallest absolute Gasteiger partial charge is 0.134 e. The van der Waals surface area contributed by atoms with Gasteiger partial charge in [0.15, 0.2) is 0 Å². The molecule has 2 rings (SSSR count). The molecule has 0 amide bonds. The Hall–Kier alpha value is -0.830.